The maximum Gasteiger partial charge on any atom is 0.306 e. The molecule has 3 atom stereocenters. The molecule has 2 saturated heterocycles. The van der Waals surface area contributed by atoms with Gasteiger partial charge in [-0.1, -0.05) is 0 Å². The number of carbonyl (C=O) groups excluding carboxylic acids is 1. The Morgan fingerprint density at radius 1 is 1.64 bits per heavy atom. The minimum Gasteiger partial charge on any atom is -0.459 e. The monoisotopic (exact) mass is 158 g/mol. The molecular weight excluding hydrogens is 148 g/mol. The van der Waals surface area contributed by atoms with Gasteiger partial charge < -0.3 is 14.2 Å². The molecule has 62 valence electrons. The lowest BCUT2D eigenvalue weighted by atomic mass is 10.0. The van der Waals surface area contributed by atoms with Crippen LogP contribution in [-0.2, 0) is 19.0 Å². The predicted octanol–water partition coefficient (Wildman–Crippen LogP) is -0.0792. The first-order chi connectivity index (χ1) is 5.31. The number of hydrogen-bond acceptors (Lipinski definition) is 4. The Labute approximate surface area is 64.4 Å². The predicted molar refractivity (Wildman–Crippen MR) is 34.7 cm³/mol. The van der Waals surface area contributed by atoms with Gasteiger partial charge in [-0.3, -0.25) is 4.79 Å². The quantitative estimate of drug-likeness (QED) is 0.501. The fourth-order valence-corrected chi connectivity index (χ4v) is 1.61. The van der Waals surface area contributed by atoms with E-state index in [2.05, 4.69) is 0 Å². The Hall–Kier alpha value is -0.610. The molecule has 0 spiro atoms. The molecule has 0 bridgehead atoms. The van der Waals surface area contributed by atoms with Crippen LogP contribution < -0.4 is 0 Å². The summed E-state index contributed by atoms with van der Waals surface area (Å²) in [7, 11) is 1.58. The molecule has 2 rings (SSSR count). The molecule has 2 aliphatic rings. The first kappa shape index (κ1) is 7.06. The average Bonchev–Trinajstić information content (AvgIpc) is 2.45. The van der Waals surface area contributed by atoms with Crippen molar-refractivity contribution >= 4 is 5.97 Å². The Morgan fingerprint density at radius 3 is 3.18 bits per heavy atom. The van der Waals surface area contributed by atoms with Crippen LogP contribution in [0.4, 0.5) is 0 Å². The van der Waals surface area contributed by atoms with Gasteiger partial charge in [-0.15, -0.1) is 0 Å². The molecular formula is C7H10O4. The van der Waals surface area contributed by atoms with E-state index in [4.69, 9.17) is 14.2 Å². The van der Waals surface area contributed by atoms with E-state index in [0.717, 1.165) is 0 Å². The minimum atomic E-state index is -0.244. The van der Waals surface area contributed by atoms with Crippen molar-refractivity contribution in [2.75, 3.05) is 13.7 Å². The Bertz CT molecular complexity index is 179. The highest BCUT2D eigenvalue weighted by atomic mass is 16.7. The summed E-state index contributed by atoms with van der Waals surface area (Å²) in [6.07, 6.45) is 0.127. The van der Waals surface area contributed by atoms with Gasteiger partial charge in [-0.2, -0.15) is 0 Å². The zero-order valence-electron chi connectivity index (χ0n) is 6.28. The van der Waals surface area contributed by atoms with Crippen molar-refractivity contribution in [2.24, 2.45) is 5.92 Å². The summed E-state index contributed by atoms with van der Waals surface area (Å²) in [6.45, 7) is 0.481. The summed E-state index contributed by atoms with van der Waals surface area (Å²) in [5.41, 5.74) is 0. The van der Waals surface area contributed by atoms with Crippen LogP contribution in [0.3, 0.4) is 0 Å². The van der Waals surface area contributed by atoms with Gasteiger partial charge in [0.05, 0.1) is 18.9 Å². The molecule has 0 radical (unpaired) electrons. The number of hydrogen-bond donors (Lipinski definition) is 0. The van der Waals surface area contributed by atoms with E-state index >= 15 is 0 Å². The first-order valence-corrected chi connectivity index (χ1v) is 3.65. The van der Waals surface area contributed by atoms with Gasteiger partial charge in [-0.25, -0.2) is 0 Å². The first-order valence-electron chi connectivity index (χ1n) is 3.65. The molecule has 0 aliphatic carbocycles. The number of methoxy groups -OCH3 is 1. The molecule has 2 fully saturated rings. The van der Waals surface area contributed by atoms with Crippen LogP contribution in [0, 0.1) is 5.92 Å². The van der Waals surface area contributed by atoms with Crippen molar-refractivity contribution < 1.29 is 19.0 Å². The van der Waals surface area contributed by atoms with E-state index in [9.17, 15) is 4.79 Å². The summed E-state index contributed by atoms with van der Waals surface area (Å²) in [4.78, 5) is 10.8. The normalized spacial score (nSPS) is 42.3. The lowest BCUT2D eigenvalue weighted by Gasteiger charge is -2.11. The van der Waals surface area contributed by atoms with Gasteiger partial charge in [0, 0.05) is 7.11 Å². The van der Waals surface area contributed by atoms with E-state index in [1.54, 1.807) is 7.11 Å². The highest BCUT2D eigenvalue weighted by molar-refractivity contribution is 5.72. The lowest BCUT2D eigenvalue weighted by Crippen LogP contribution is -2.20. The molecule has 0 N–H and O–H groups in total. The van der Waals surface area contributed by atoms with Crippen LogP contribution >= 0.6 is 0 Å². The molecule has 0 amide bonds. The number of esters is 1. The van der Waals surface area contributed by atoms with Gasteiger partial charge in [-0.05, 0) is 0 Å². The Morgan fingerprint density at radius 2 is 2.45 bits per heavy atom. The lowest BCUT2D eigenvalue weighted by molar-refractivity contribution is -0.146. The second-order valence-corrected chi connectivity index (χ2v) is 2.83. The number of fused-ring (bicyclic) bond motifs is 1. The maximum atomic E-state index is 10.8. The van der Waals surface area contributed by atoms with Gasteiger partial charge in [0.15, 0.2) is 6.29 Å². The molecule has 2 heterocycles. The summed E-state index contributed by atoms with van der Waals surface area (Å²) in [5.74, 6) is -0.0159. The maximum absolute atomic E-state index is 10.8. The van der Waals surface area contributed by atoms with Crippen molar-refractivity contribution in [3.05, 3.63) is 0 Å². The van der Waals surface area contributed by atoms with Crippen LogP contribution in [0.5, 0.6) is 0 Å². The van der Waals surface area contributed by atoms with Crippen LogP contribution in [0.15, 0.2) is 0 Å². The highest BCUT2D eigenvalue weighted by Crippen LogP contribution is 2.33. The SMILES string of the molecule is CO[C@@H]1OC[C@@H]2OC(=O)C[C@H]12. The third kappa shape index (κ3) is 1.02. The van der Waals surface area contributed by atoms with Crippen LogP contribution in [0.2, 0.25) is 0 Å². The van der Waals surface area contributed by atoms with Gasteiger partial charge in [0.25, 0.3) is 0 Å². The minimum absolute atomic E-state index is 0.0625. The van der Waals surface area contributed by atoms with Gasteiger partial charge >= 0.3 is 5.97 Å². The third-order valence-corrected chi connectivity index (χ3v) is 2.17. The van der Waals surface area contributed by atoms with Gasteiger partial charge in [0.1, 0.15) is 6.10 Å². The largest absolute Gasteiger partial charge is 0.459 e. The highest BCUT2D eigenvalue weighted by Gasteiger charge is 2.46. The van der Waals surface area contributed by atoms with Crippen LogP contribution in [0.1, 0.15) is 6.42 Å². The van der Waals surface area contributed by atoms with E-state index in [0.29, 0.717) is 13.0 Å². The Balaban J connectivity index is 2.07. The van der Waals surface area contributed by atoms with E-state index in [1.165, 1.54) is 0 Å². The number of carbonyl (C=O) groups is 1. The summed E-state index contributed by atoms with van der Waals surface area (Å²) >= 11 is 0. The number of ether oxygens (including phenoxy) is 3. The smallest absolute Gasteiger partial charge is 0.306 e. The summed E-state index contributed by atoms with van der Waals surface area (Å²) in [5, 5.41) is 0. The van der Waals surface area contributed by atoms with Crippen molar-refractivity contribution in [2.45, 2.75) is 18.8 Å². The molecule has 0 aromatic rings. The fourth-order valence-electron chi connectivity index (χ4n) is 1.61. The zero-order valence-corrected chi connectivity index (χ0v) is 6.28. The summed E-state index contributed by atoms with van der Waals surface area (Å²) < 4.78 is 15.2. The molecule has 0 unspecified atom stereocenters. The van der Waals surface area contributed by atoms with Crippen molar-refractivity contribution in [3.8, 4) is 0 Å². The van der Waals surface area contributed by atoms with Crippen LogP contribution in [-0.4, -0.2) is 32.1 Å². The number of rotatable bonds is 1. The standard InChI is InChI=1S/C7H10O4/c1-9-7-4-2-6(8)11-5(4)3-10-7/h4-5,7H,2-3H2,1H3/t4-,5-,7+/m0/s1. The second kappa shape index (κ2) is 2.46. The molecule has 4 nitrogen and oxygen atoms in total. The molecule has 0 aromatic carbocycles. The zero-order chi connectivity index (χ0) is 7.84. The fraction of sp³-hybridized carbons (Fsp3) is 0.857. The molecule has 0 aromatic heterocycles. The second-order valence-electron chi connectivity index (χ2n) is 2.83. The molecule has 4 heteroatoms. The van der Waals surface area contributed by atoms with Crippen molar-refractivity contribution in [3.63, 3.8) is 0 Å². The van der Waals surface area contributed by atoms with E-state index in [-0.39, 0.29) is 24.3 Å². The average molecular weight is 158 g/mol. The topological polar surface area (TPSA) is 44.8 Å². The molecule has 0 saturated carbocycles. The van der Waals surface area contributed by atoms with E-state index in [1.807, 2.05) is 0 Å². The third-order valence-electron chi connectivity index (χ3n) is 2.17. The summed E-state index contributed by atoms with van der Waals surface area (Å²) in [6, 6.07) is 0. The molecule has 2 aliphatic heterocycles. The Kier molecular flexibility index (Phi) is 1.58. The van der Waals surface area contributed by atoms with Crippen LogP contribution in [0.25, 0.3) is 0 Å². The van der Waals surface area contributed by atoms with Gasteiger partial charge in [0.2, 0.25) is 0 Å². The van der Waals surface area contributed by atoms with E-state index < -0.39 is 0 Å². The molecule has 11 heavy (non-hydrogen) atoms. The van der Waals surface area contributed by atoms with Crippen molar-refractivity contribution in [1.82, 2.24) is 0 Å². The van der Waals surface area contributed by atoms with Crippen molar-refractivity contribution in [1.29, 1.82) is 0 Å².